The number of fused-ring (bicyclic) bond motifs is 1. The molecule has 130 valence electrons. The van der Waals surface area contributed by atoms with Crippen LogP contribution in [0.25, 0.3) is 11.2 Å². The van der Waals surface area contributed by atoms with E-state index in [4.69, 9.17) is 16.7 Å². The van der Waals surface area contributed by atoms with Gasteiger partial charge in [-0.1, -0.05) is 6.07 Å². The number of rotatable bonds is 6. The highest BCUT2D eigenvalue weighted by Crippen LogP contribution is 2.17. The monoisotopic (exact) mass is 347 g/mol. The van der Waals surface area contributed by atoms with Crippen LogP contribution in [0.1, 0.15) is 11.3 Å². The number of nitrogens with two attached hydrogens (primary N) is 2. The molecule has 0 radical (unpaired) electrons. The number of pyridine rings is 1. The zero-order valence-corrected chi connectivity index (χ0v) is 13.9. The Morgan fingerprint density at radius 2 is 2.27 bits per heavy atom. The summed E-state index contributed by atoms with van der Waals surface area (Å²) in [6, 6.07) is 5.84. The van der Waals surface area contributed by atoms with Crippen LogP contribution in [0.2, 0.25) is 0 Å². The van der Waals surface area contributed by atoms with E-state index in [1.54, 1.807) is 6.20 Å². The molecule has 5 N–H and O–H groups in total. The van der Waals surface area contributed by atoms with Crippen molar-refractivity contribution in [2.75, 3.05) is 17.6 Å². The van der Waals surface area contributed by atoms with Crippen LogP contribution in [0, 0.1) is 11.3 Å². The Kier molecular flexibility index (Phi) is 5.05. The van der Waals surface area contributed by atoms with Gasteiger partial charge in [-0.15, -0.1) is 0 Å². The minimum Gasteiger partial charge on any atom is -0.404 e. The van der Waals surface area contributed by atoms with E-state index < -0.39 is 0 Å². The molecule has 3 rings (SSSR count). The summed E-state index contributed by atoms with van der Waals surface area (Å²) >= 11 is 0. The van der Waals surface area contributed by atoms with Crippen LogP contribution in [-0.4, -0.2) is 32.1 Å². The number of nitrogens with one attached hydrogen (secondary N) is 1. The Hall–Kier alpha value is -3.93. The second-order valence-corrected chi connectivity index (χ2v) is 5.32. The Labute approximate surface area is 149 Å². The molecule has 3 aromatic rings. The maximum absolute atomic E-state index is 8.56. The second-order valence-electron chi connectivity index (χ2n) is 5.32. The summed E-state index contributed by atoms with van der Waals surface area (Å²) in [5.74, 6) is 0.726. The molecule has 0 aromatic carbocycles. The van der Waals surface area contributed by atoms with Crippen LogP contribution in [0.15, 0.2) is 48.1 Å². The van der Waals surface area contributed by atoms with Gasteiger partial charge in [-0.2, -0.15) is 5.26 Å². The van der Waals surface area contributed by atoms with Crippen LogP contribution in [0.3, 0.4) is 0 Å². The fraction of sp³-hybridized carbons (Fsp3) is 0.118. The van der Waals surface area contributed by atoms with Gasteiger partial charge in [0.25, 0.3) is 0 Å². The number of aromatic nitrogens is 4. The highest BCUT2D eigenvalue weighted by molar-refractivity contribution is 6.08. The van der Waals surface area contributed by atoms with Crippen molar-refractivity contribution in [1.82, 2.24) is 19.4 Å². The lowest BCUT2D eigenvalue weighted by Gasteiger charge is -2.10. The molecular formula is C17H17N9. The van der Waals surface area contributed by atoms with E-state index >= 15 is 0 Å². The molecular weight excluding hydrogens is 330 g/mol. The quantitative estimate of drug-likeness (QED) is 0.449. The van der Waals surface area contributed by atoms with E-state index in [0.29, 0.717) is 23.6 Å². The van der Waals surface area contributed by atoms with Gasteiger partial charge < -0.3 is 21.2 Å². The molecule has 0 amide bonds. The predicted octanol–water partition coefficient (Wildman–Crippen LogP) is 1.21. The molecule has 0 bridgehead atoms. The molecule has 0 spiro atoms. The molecule has 9 nitrogen and oxygen atoms in total. The largest absolute Gasteiger partial charge is 0.404 e. The first-order valence-corrected chi connectivity index (χ1v) is 7.78. The van der Waals surface area contributed by atoms with E-state index in [2.05, 4.69) is 25.3 Å². The number of nitrogens with zero attached hydrogens (tertiary/aromatic N) is 6. The number of imidazole rings is 1. The van der Waals surface area contributed by atoms with Crippen LogP contribution in [0.4, 0.5) is 11.6 Å². The first-order valence-electron chi connectivity index (χ1n) is 7.78. The molecule has 3 heterocycles. The normalized spacial score (nSPS) is 11.7. The highest BCUT2D eigenvalue weighted by atomic mass is 15.1. The number of allylic oxidation sites excluding steroid dienone is 1. The minimum atomic E-state index is 0.0432. The third kappa shape index (κ3) is 3.76. The number of anilines is 2. The van der Waals surface area contributed by atoms with Crippen LogP contribution >= 0.6 is 0 Å². The van der Waals surface area contributed by atoms with Crippen LogP contribution in [-0.2, 0) is 6.54 Å². The molecule has 0 saturated carbocycles. The van der Waals surface area contributed by atoms with E-state index in [9.17, 15) is 0 Å². The lowest BCUT2D eigenvalue weighted by Crippen LogP contribution is -2.08. The van der Waals surface area contributed by atoms with Crippen molar-refractivity contribution in [3.63, 3.8) is 0 Å². The lowest BCUT2D eigenvalue weighted by atomic mass is 10.2. The maximum atomic E-state index is 8.56. The van der Waals surface area contributed by atoms with Gasteiger partial charge in [-0.3, -0.25) is 4.99 Å². The number of nitriles is 1. The van der Waals surface area contributed by atoms with Crippen molar-refractivity contribution in [3.05, 3.63) is 54.4 Å². The SMILES string of the molecule is N#CCN=CC(=CN)c1cnc(N)c(NCc2ccc3nccn3c2)n1. The summed E-state index contributed by atoms with van der Waals surface area (Å²) in [7, 11) is 0. The maximum Gasteiger partial charge on any atom is 0.169 e. The van der Waals surface area contributed by atoms with Crippen molar-refractivity contribution in [2.45, 2.75) is 6.54 Å². The highest BCUT2D eigenvalue weighted by Gasteiger charge is 2.08. The molecule has 0 aliphatic rings. The van der Waals surface area contributed by atoms with Gasteiger partial charge in [-0.05, 0) is 11.6 Å². The summed E-state index contributed by atoms with van der Waals surface area (Å²) in [4.78, 5) is 16.8. The Bertz CT molecular complexity index is 1010. The van der Waals surface area contributed by atoms with Gasteiger partial charge >= 0.3 is 0 Å². The summed E-state index contributed by atoms with van der Waals surface area (Å²) in [6.07, 6.45) is 9.95. The molecule has 9 heteroatoms. The van der Waals surface area contributed by atoms with E-state index in [1.807, 2.05) is 35.0 Å². The average Bonchev–Trinajstić information content (AvgIpc) is 3.13. The summed E-state index contributed by atoms with van der Waals surface area (Å²) in [5, 5.41) is 11.7. The van der Waals surface area contributed by atoms with Gasteiger partial charge in [-0.25, -0.2) is 15.0 Å². The number of hydrogen-bond acceptors (Lipinski definition) is 8. The smallest absolute Gasteiger partial charge is 0.169 e. The van der Waals surface area contributed by atoms with Crippen LogP contribution < -0.4 is 16.8 Å². The van der Waals surface area contributed by atoms with Crippen molar-refractivity contribution < 1.29 is 0 Å². The number of aliphatic imine (C=N–C) groups is 1. The zero-order valence-electron chi connectivity index (χ0n) is 13.9. The van der Waals surface area contributed by atoms with Crippen LogP contribution in [0.5, 0.6) is 0 Å². The van der Waals surface area contributed by atoms with Crippen molar-refractivity contribution in [2.24, 2.45) is 10.7 Å². The first-order chi connectivity index (χ1) is 12.7. The molecule has 0 aliphatic carbocycles. The Morgan fingerprint density at radius 1 is 1.38 bits per heavy atom. The third-order valence-electron chi connectivity index (χ3n) is 3.58. The van der Waals surface area contributed by atoms with Gasteiger partial charge in [0.05, 0.1) is 18.0 Å². The number of nitrogen functional groups attached to an aromatic ring is 1. The molecule has 0 fully saturated rings. The molecule has 3 aromatic heterocycles. The second kappa shape index (κ2) is 7.76. The molecule has 0 unspecified atom stereocenters. The topological polar surface area (TPSA) is 143 Å². The lowest BCUT2D eigenvalue weighted by molar-refractivity contribution is 1.05. The van der Waals surface area contributed by atoms with Crippen molar-refractivity contribution in [1.29, 1.82) is 5.26 Å². The van der Waals surface area contributed by atoms with E-state index in [0.717, 1.165) is 11.2 Å². The number of hydrogen-bond donors (Lipinski definition) is 3. The molecule has 0 atom stereocenters. The molecule has 26 heavy (non-hydrogen) atoms. The minimum absolute atomic E-state index is 0.0432. The third-order valence-corrected chi connectivity index (χ3v) is 3.58. The first kappa shape index (κ1) is 16.9. The Morgan fingerprint density at radius 3 is 3.08 bits per heavy atom. The van der Waals surface area contributed by atoms with Gasteiger partial charge in [0.2, 0.25) is 0 Å². The van der Waals surface area contributed by atoms with E-state index in [1.165, 1.54) is 18.6 Å². The standard InChI is InChI=1S/C17H17N9/c18-3-4-21-9-13(7-19)14-10-23-16(20)17(25-14)24-8-12-1-2-15-22-5-6-26(15)11-12/h1-2,5-7,9-11H,4,8,19H2,(H2,20,23)(H,24,25). The zero-order chi connectivity index (χ0) is 18.4. The van der Waals surface area contributed by atoms with Gasteiger partial charge in [0.15, 0.2) is 11.6 Å². The summed E-state index contributed by atoms with van der Waals surface area (Å²) in [6.45, 7) is 0.558. The van der Waals surface area contributed by atoms with Crippen molar-refractivity contribution >= 4 is 29.1 Å². The summed E-state index contributed by atoms with van der Waals surface area (Å²) < 4.78 is 1.93. The van der Waals surface area contributed by atoms with Gasteiger partial charge in [0, 0.05) is 43.1 Å². The fourth-order valence-electron chi connectivity index (χ4n) is 2.30. The average molecular weight is 347 g/mol. The predicted molar refractivity (Wildman–Crippen MR) is 100 cm³/mol. The van der Waals surface area contributed by atoms with E-state index in [-0.39, 0.29) is 12.4 Å². The molecule has 0 saturated heterocycles. The van der Waals surface area contributed by atoms with Gasteiger partial charge in [0.1, 0.15) is 12.2 Å². The fourth-order valence-corrected chi connectivity index (χ4v) is 2.30. The Balaban J connectivity index is 1.77. The van der Waals surface area contributed by atoms with Crippen molar-refractivity contribution in [3.8, 4) is 6.07 Å². The molecule has 0 aliphatic heterocycles. The summed E-state index contributed by atoms with van der Waals surface area (Å²) in [5.41, 5.74) is 14.5.